The van der Waals surface area contributed by atoms with Crippen LogP contribution < -0.4 is 4.74 Å². The minimum absolute atomic E-state index is 0.0268. The molecule has 0 bridgehead atoms. The summed E-state index contributed by atoms with van der Waals surface area (Å²) in [5.41, 5.74) is 2.29. The highest BCUT2D eigenvalue weighted by molar-refractivity contribution is 5.91. The zero-order valence-corrected chi connectivity index (χ0v) is 19.3. The second-order valence-corrected chi connectivity index (χ2v) is 9.87. The Labute approximate surface area is 192 Å². The summed E-state index contributed by atoms with van der Waals surface area (Å²) in [6.07, 6.45) is 9.92. The van der Waals surface area contributed by atoms with E-state index in [4.69, 9.17) is 14.2 Å². The SMILES string of the molecule is C[C@H](Oc1nc(-c2noc3c2CCC[C@@]32CCCCC2=O)nc2nc[nH]c12)[C@@H]1CCCN1C. The van der Waals surface area contributed by atoms with Crippen LogP contribution in [0.3, 0.4) is 0 Å². The minimum atomic E-state index is -0.519. The van der Waals surface area contributed by atoms with E-state index in [1.54, 1.807) is 6.33 Å². The molecule has 3 aromatic rings. The zero-order valence-electron chi connectivity index (χ0n) is 19.3. The molecule has 174 valence electrons. The number of hydrogen-bond acceptors (Lipinski definition) is 8. The maximum atomic E-state index is 13.0. The molecule has 3 aliphatic rings. The van der Waals surface area contributed by atoms with Crippen molar-refractivity contribution < 1.29 is 14.1 Å². The molecule has 9 heteroatoms. The van der Waals surface area contributed by atoms with Crippen LogP contribution in [0.5, 0.6) is 5.88 Å². The Bertz CT molecular complexity index is 1200. The molecule has 9 nitrogen and oxygen atoms in total. The highest BCUT2D eigenvalue weighted by Crippen LogP contribution is 2.47. The van der Waals surface area contributed by atoms with E-state index in [9.17, 15) is 4.79 Å². The lowest BCUT2D eigenvalue weighted by Gasteiger charge is -2.36. The van der Waals surface area contributed by atoms with Crippen molar-refractivity contribution in [3.8, 4) is 17.4 Å². The number of imidazole rings is 1. The molecule has 1 saturated heterocycles. The number of hydrogen-bond donors (Lipinski definition) is 1. The number of likely N-dealkylation sites (tertiary alicyclic amines) is 1. The number of ketones is 1. The average Bonchev–Trinajstić information content (AvgIpc) is 3.55. The normalized spacial score (nSPS) is 26.7. The Balaban J connectivity index is 1.40. The van der Waals surface area contributed by atoms with Crippen molar-refractivity contribution in [1.82, 2.24) is 30.0 Å². The van der Waals surface area contributed by atoms with Crippen LogP contribution in [0.2, 0.25) is 0 Å². The molecule has 6 rings (SSSR count). The molecule has 2 fully saturated rings. The highest BCUT2D eigenvalue weighted by Gasteiger charge is 2.48. The van der Waals surface area contributed by atoms with Gasteiger partial charge in [0.05, 0.1) is 11.7 Å². The summed E-state index contributed by atoms with van der Waals surface area (Å²) in [6, 6.07) is 0.346. The first kappa shape index (κ1) is 20.8. The average molecular weight is 451 g/mol. The van der Waals surface area contributed by atoms with Gasteiger partial charge in [0.25, 0.3) is 0 Å². The predicted molar refractivity (Wildman–Crippen MR) is 121 cm³/mol. The van der Waals surface area contributed by atoms with Crippen molar-refractivity contribution in [1.29, 1.82) is 0 Å². The summed E-state index contributed by atoms with van der Waals surface area (Å²) in [7, 11) is 2.14. The van der Waals surface area contributed by atoms with E-state index in [-0.39, 0.29) is 6.10 Å². The highest BCUT2D eigenvalue weighted by atomic mass is 16.5. The second kappa shape index (κ2) is 7.90. The topological polar surface area (TPSA) is 110 Å². The van der Waals surface area contributed by atoms with Crippen LogP contribution in [0.15, 0.2) is 10.9 Å². The lowest BCUT2D eigenvalue weighted by Crippen LogP contribution is -2.41. The Morgan fingerprint density at radius 2 is 2.09 bits per heavy atom. The smallest absolute Gasteiger partial charge is 0.244 e. The van der Waals surface area contributed by atoms with Gasteiger partial charge in [-0.15, -0.1) is 0 Å². The van der Waals surface area contributed by atoms with Gasteiger partial charge in [-0.2, -0.15) is 4.98 Å². The molecule has 0 aromatic carbocycles. The fourth-order valence-electron chi connectivity index (χ4n) is 6.15. The third-order valence-corrected chi connectivity index (χ3v) is 7.92. The number of H-pyrrole nitrogens is 1. The van der Waals surface area contributed by atoms with Crippen LogP contribution in [-0.4, -0.2) is 61.5 Å². The van der Waals surface area contributed by atoms with E-state index in [2.05, 4.69) is 39.0 Å². The summed E-state index contributed by atoms with van der Waals surface area (Å²) in [4.78, 5) is 32.3. The number of carbonyl (C=O) groups is 1. The molecule has 1 N–H and O–H groups in total. The van der Waals surface area contributed by atoms with Crippen LogP contribution >= 0.6 is 0 Å². The van der Waals surface area contributed by atoms with Crippen LogP contribution in [-0.2, 0) is 16.6 Å². The molecular formula is C24H30N6O3. The van der Waals surface area contributed by atoms with Gasteiger partial charge in [-0.05, 0) is 65.5 Å². The van der Waals surface area contributed by atoms with Gasteiger partial charge in [0.15, 0.2) is 22.9 Å². The number of nitrogens with zero attached hydrogens (tertiary/aromatic N) is 5. The summed E-state index contributed by atoms with van der Waals surface area (Å²) in [5, 5.41) is 4.40. The number of aromatic amines is 1. The van der Waals surface area contributed by atoms with Crippen molar-refractivity contribution in [3.05, 3.63) is 17.7 Å². The lowest BCUT2D eigenvalue weighted by molar-refractivity contribution is -0.128. The molecule has 1 aliphatic heterocycles. The van der Waals surface area contributed by atoms with E-state index in [1.807, 2.05) is 0 Å². The number of nitrogens with one attached hydrogen (secondary N) is 1. The predicted octanol–water partition coefficient (Wildman–Crippen LogP) is 3.59. The van der Waals surface area contributed by atoms with Crippen molar-refractivity contribution in [3.63, 3.8) is 0 Å². The Hall–Kier alpha value is -2.81. The molecule has 0 radical (unpaired) electrons. The van der Waals surface area contributed by atoms with Gasteiger partial charge >= 0.3 is 0 Å². The molecule has 1 spiro atoms. The number of rotatable bonds is 4. The molecule has 0 amide bonds. The van der Waals surface area contributed by atoms with Crippen molar-refractivity contribution in [2.75, 3.05) is 13.6 Å². The summed E-state index contributed by atoms with van der Waals surface area (Å²) < 4.78 is 12.3. The van der Waals surface area contributed by atoms with E-state index in [0.717, 1.165) is 62.8 Å². The number of ether oxygens (including phenoxy) is 1. The maximum Gasteiger partial charge on any atom is 0.244 e. The van der Waals surface area contributed by atoms with Gasteiger partial charge in [0.2, 0.25) is 5.88 Å². The van der Waals surface area contributed by atoms with Gasteiger partial charge in [-0.3, -0.25) is 9.69 Å². The Morgan fingerprint density at radius 1 is 1.21 bits per heavy atom. The summed E-state index contributed by atoms with van der Waals surface area (Å²) >= 11 is 0. The van der Waals surface area contributed by atoms with Crippen LogP contribution in [0.1, 0.15) is 69.6 Å². The van der Waals surface area contributed by atoms with Crippen LogP contribution in [0, 0.1) is 0 Å². The standard InChI is InChI=1S/C24H30N6O3/c1-14(16-8-6-12-30(16)2)32-23-19-21(26-13-25-19)27-22(28-23)18-15-7-5-11-24(20(15)33-29-18)10-4-3-9-17(24)31/h13-14,16H,3-12H2,1-2H3,(H,25,26,27,28)/t14-,16-,24+/m0/s1. The van der Waals surface area contributed by atoms with Crippen LogP contribution in [0.4, 0.5) is 0 Å². The zero-order chi connectivity index (χ0) is 22.6. The van der Waals surface area contributed by atoms with Crippen molar-refractivity contribution >= 4 is 16.9 Å². The van der Waals surface area contributed by atoms with Crippen LogP contribution in [0.25, 0.3) is 22.7 Å². The first-order valence-electron chi connectivity index (χ1n) is 12.2. The van der Waals surface area contributed by atoms with Crippen molar-refractivity contribution in [2.45, 2.75) is 82.3 Å². The monoisotopic (exact) mass is 450 g/mol. The first-order chi connectivity index (χ1) is 16.1. The molecule has 3 atom stereocenters. The summed E-state index contributed by atoms with van der Waals surface area (Å²) in [5.74, 6) is 1.96. The van der Waals surface area contributed by atoms with Gasteiger partial charge in [0.1, 0.15) is 17.4 Å². The molecule has 2 aliphatic carbocycles. The third-order valence-electron chi connectivity index (χ3n) is 7.92. The largest absolute Gasteiger partial charge is 0.471 e. The molecule has 1 saturated carbocycles. The van der Waals surface area contributed by atoms with E-state index >= 15 is 0 Å². The number of carbonyl (C=O) groups excluding carboxylic acids is 1. The fourth-order valence-corrected chi connectivity index (χ4v) is 6.15. The Kier molecular flexibility index (Phi) is 4.97. The van der Waals surface area contributed by atoms with Crippen molar-refractivity contribution in [2.24, 2.45) is 0 Å². The molecule has 33 heavy (non-hydrogen) atoms. The molecule has 3 aromatic heterocycles. The van der Waals surface area contributed by atoms with Gasteiger partial charge in [0, 0.05) is 18.0 Å². The minimum Gasteiger partial charge on any atom is -0.471 e. The quantitative estimate of drug-likeness (QED) is 0.642. The number of Topliss-reactive ketones (excluding diaryl/α,β-unsaturated/α-hetero) is 1. The van der Waals surface area contributed by atoms with Gasteiger partial charge in [-0.1, -0.05) is 11.6 Å². The van der Waals surface area contributed by atoms with Gasteiger partial charge in [-0.25, -0.2) is 9.97 Å². The van der Waals surface area contributed by atoms with E-state index in [1.165, 1.54) is 6.42 Å². The number of aromatic nitrogens is 5. The number of fused-ring (bicyclic) bond motifs is 3. The fraction of sp³-hybridized carbons (Fsp3) is 0.625. The lowest BCUT2D eigenvalue weighted by atomic mass is 9.64. The molecule has 0 unspecified atom stereocenters. The van der Waals surface area contributed by atoms with E-state index in [0.29, 0.717) is 46.8 Å². The second-order valence-electron chi connectivity index (χ2n) is 9.87. The van der Waals surface area contributed by atoms with E-state index < -0.39 is 5.41 Å². The number of likely N-dealkylation sites (N-methyl/N-ethyl adjacent to an activating group) is 1. The molecular weight excluding hydrogens is 420 g/mol. The first-order valence-corrected chi connectivity index (χ1v) is 12.2. The van der Waals surface area contributed by atoms with Gasteiger partial charge < -0.3 is 14.2 Å². The Morgan fingerprint density at radius 3 is 2.91 bits per heavy atom. The summed E-state index contributed by atoms with van der Waals surface area (Å²) in [6.45, 7) is 3.17. The molecule has 4 heterocycles. The maximum absolute atomic E-state index is 13.0. The third kappa shape index (κ3) is 3.27.